The monoisotopic (exact) mass is 208 g/mol. The molecule has 0 aromatic heterocycles. The Hall–Kier alpha value is -1.02. The van der Waals surface area contributed by atoms with Crippen molar-refractivity contribution in [2.24, 2.45) is 0 Å². The number of amidine groups is 1. The van der Waals surface area contributed by atoms with Gasteiger partial charge in [0.15, 0.2) is 0 Å². The first kappa shape index (κ1) is 9.53. The van der Waals surface area contributed by atoms with Crippen LogP contribution < -0.4 is 0 Å². The Kier molecular flexibility index (Phi) is 2.73. The summed E-state index contributed by atoms with van der Waals surface area (Å²) in [6, 6.07) is 7.55. The lowest BCUT2D eigenvalue weighted by atomic mass is 10.2. The molecule has 0 atom stereocenters. The van der Waals surface area contributed by atoms with Crippen LogP contribution in [0.1, 0.15) is 18.4 Å². The molecule has 1 fully saturated rings. The quantitative estimate of drug-likeness (QED) is 0.558. The fraction of sp³-hybridized carbons (Fsp3) is 0.364. The van der Waals surface area contributed by atoms with E-state index in [9.17, 15) is 0 Å². The molecule has 14 heavy (non-hydrogen) atoms. The van der Waals surface area contributed by atoms with Gasteiger partial charge in [0.05, 0.1) is 5.02 Å². The summed E-state index contributed by atoms with van der Waals surface area (Å²) in [6.07, 6.45) is 2.37. The lowest BCUT2D eigenvalue weighted by Gasteiger charge is -2.19. The minimum Gasteiger partial charge on any atom is -0.357 e. The van der Waals surface area contributed by atoms with E-state index in [2.05, 4.69) is 4.90 Å². The molecule has 1 aromatic carbocycles. The van der Waals surface area contributed by atoms with E-state index in [0.717, 1.165) is 18.7 Å². The van der Waals surface area contributed by atoms with E-state index >= 15 is 0 Å². The molecule has 2 nitrogen and oxygen atoms in total. The van der Waals surface area contributed by atoms with Gasteiger partial charge in [0, 0.05) is 18.7 Å². The minimum absolute atomic E-state index is 0.563. The van der Waals surface area contributed by atoms with Crippen molar-refractivity contribution in [1.82, 2.24) is 4.90 Å². The van der Waals surface area contributed by atoms with Crippen molar-refractivity contribution in [1.29, 1.82) is 5.41 Å². The first-order valence-corrected chi connectivity index (χ1v) is 5.25. The molecular weight excluding hydrogens is 196 g/mol. The van der Waals surface area contributed by atoms with Crippen molar-refractivity contribution in [3.8, 4) is 0 Å². The Morgan fingerprint density at radius 1 is 1.21 bits per heavy atom. The zero-order valence-corrected chi connectivity index (χ0v) is 8.72. The van der Waals surface area contributed by atoms with Crippen molar-refractivity contribution < 1.29 is 0 Å². The van der Waals surface area contributed by atoms with Gasteiger partial charge in [-0.2, -0.15) is 0 Å². The van der Waals surface area contributed by atoms with Crippen LogP contribution in [0.25, 0.3) is 0 Å². The van der Waals surface area contributed by atoms with E-state index in [4.69, 9.17) is 17.0 Å². The molecule has 2 rings (SSSR count). The third-order valence-electron chi connectivity index (χ3n) is 2.55. The first-order chi connectivity index (χ1) is 6.79. The fourth-order valence-electron chi connectivity index (χ4n) is 1.76. The van der Waals surface area contributed by atoms with Crippen molar-refractivity contribution in [2.75, 3.05) is 13.1 Å². The molecule has 1 aliphatic rings. The summed E-state index contributed by atoms with van der Waals surface area (Å²) in [7, 11) is 0. The minimum atomic E-state index is 0.563. The van der Waals surface area contributed by atoms with Gasteiger partial charge in [-0.15, -0.1) is 0 Å². The molecule has 0 spiro atoms. The van der Waals surface area contributed by atoms with Crippen LogP contribution in [0.4, 0.5) is 0 Å². The van der Waals surface area contributed by atoms with E-state index in [1.54, 1.807) is 0 Å². The largest absolute Gasteiger partial charge is 0.357 e. The van der Waals surface area contributed by atoms with E-state index in [1.165, 1.54) is 12.8 Å². The Bertz CT molecular complexity index is 343. The second kappa shape index (κ2) is 4.01. The van der Waals surface area contributed by atoms with Crippen LogP contribution in [-0.4, -0.2) is 23.8 Å². The van der Waals surface area contributed by atoms with E-state index in [-0.39, 0.29) is 0 Å². The molecule has 0 aliphatic carbocycles. The van der Waals surface area contributed by atoms with Gasteiger partial charge in [0.1, 0.15) is 5.84 Å². The molecular formula is C11H13ClN2. The zero-order valence-electron chi connectivity index (χ0n) is 7.96. The SMILES string of the molecule is N=C(c1ccccc1Cl)N1CCCC1. The Morgan fingerprint density at radius 3 is 2.50 bits per heavy atom. The van der Waals surface area contributed by atoms with Gasteiger partial charge in [-0.25, -0.2) is 0 Å². The van der Waals surface area contributed by atoms with E-state index < -0.39 is 0 Å². The maximum Gasteiger partial charge on any atom is 0.129 e. The topological polar surface area (TPSA) is 27.1 Å². The van der Waals surface area contributed by atoms with Crippen LogP contribution in [0.3, 0.4) is 0 Å². The highest BCUT2D eigenvalue weighted by Gasteiger charge is 2.17. The highest BCUT2D eigenvalue weighted by molar-refractivity contribution is 6.33. The summed E-state index contributed by atoms with van der Waals surface area (Å²) >= 11 is 6.03. The molecule has 0 radical (unpaired) electrons. The maximum atomic E-state index is 8.01. The predicted molar refractivity (Wildman–Crippen MR) is 59.1 cm³/mol. The second-order valence-electron chi connectivity index (χ2n) is 3.52. The highest BCUT2D eigenvalue weighted by Crippen LogP contribution is 2.19. The summed E-state index contributed by atoms with van der Waals surface area (Å²) in [5.74, 6) is 0.563. The number of likely N-dealkylation sites (tertiary alicyclic amines) is 1. The average molecular weight is 209 g/mol. The second-order valence-corrected chi connectivity index (χ2v) is 3.93. The predicted octanol–water partition coefficient (Wildman–Crippen LogP) is 2.76. The smallest absolute Gasteiger partial charge is 0.129 e. The normalized spacial score (nSPS) is 15.9. The molecule has 1 aliphatic heterocycles. The molecule has 1 saturated heterocycles. The van der Waals surface area contributed by atoms with E-state index in [1.807, 2.05) is 24.3 Å². The van der Waals surface area contributed by atoms with Crippen LogP contribution in [0.15, 0.2) is 24.3 Å². The molecule has 1 aromatic rings. The van der Waals surface area contributed by atoms with Gasteiger partial charge in [0.25, 0.3) is 0 Å². The molecule has 74 valence electrons. The van der Waals surface area contributed by atoms with E-state index in [0.29, 0.717) is 10.9 Å². The van der Waals surface area contributed by atoms with Gasteiger partial charge in [-0.05, 0) is 25.0 Å². The van der Waals surface area contributed by atoms with Gasteiger partial charge in [-0.3, -0.25) is 5.41 Å². The number of hydrogen-bond donors (Lipinski definition) is 1. The summed E-state index contributed by atoms with van der Waals surface area (Å²) in [6.45, 7) is 1.98. The molecule has 0 bridgehead atoms. The Balaban J connectivity index is 2.22. The molecule has 1 N–H and O–H groups in total. The van der Waals surface area contributed by atoms with Gasteiger partial charge < -0.3 is 4.90 Å². The number of nitrogens with zero attached hydrogens (tertiary/aromatic N) is 1. The Morgan fingerprint density at radius 2 is 1.86 bits per heavy atom. The van der Waals surface area contributed by atoms with Crippen LogP contribution in [0, 0.1) is 5.41 Å². The average Bonchev–Trinajstić information content (AvgIpc) is 2.70. The molecule has 0 saturated carbocycles. The molecule has 3 heteroatoms. The standard InChI is InChI=1S/C11H13ClN2/c12-10-6-2-1-5-9(10)11(13)14-7-3-4-8-14/h1-2,5-6,13H,3-4,7-8H2. The van der Waals surface area contributed by atoms with Gasteiger partial charge >= 0.3 is 0 Å². The van der Waals surface area contributed by atoms with Gasteiger partial charge in [0.2, 0.25) is 0 Å². The summed E-state index contributed by atoms with van der Waals surface area (Å²) < 4.78 is 0. The number of nitrogens with one attached hydrogen (secondary N) is 1. The maximum absolute atomic E-state index is 8.01. The van der Waals surface area contributed by atoms with Crippen molar-refractivity contribution >= 4 is 17.4 Å². The highest BCUT2D eigenvalue weighted by atomic mass is 35.5. The first-order valence-electron chi connectivity index (χ1n) is 4.87. The van der Waals surface area contributed by atoms with Crippen molar-refractivity contribution in [3.63, 3.8) is 0 Å². The van der Waals surface area contributed by atoms with Gasteiger partial charge in [-0.1, -0.05) is 23.7 Å². The summed E-state index contributed by atoms with van der Waals surface area (Å²) in [5.41, 5.74) is 0.844. The molecule has 0 unspecified atom stereocenters. The van der Waals surface area contributed by atoms with Crippen LogP contribution in [-0.2, 0) is 0 Å². The lowest BCUT2D eigenvalue weighted by Crippen LogP contribution is -2.27. The number of rotatable bonds is 1. The number of hydrogen-bond acceptors (Lipinski definition) is 1. The third kappa shape index (κ3) is 1.75. The van der Waals surface area contributed by atoms with Crippen LogP contribution in [0.5, 0.6) is 0 Å². The molecule has 0 amide bonds. The summed E-state index contributed by atoms with van der Waals surface area (Å²) in [5, 5.41) is 8.68. The third-order valence-corrected chi connectivity index (χ3v) is 2.88. The lowest BCUT2D eigenvalue weighted by molar-refractivity contribution is 0.517. The van der Waals surface area contributed by atoms with Crippen LogP contribution >= 0.6 is 11.6 Å². The summed E-state index contributed by atoms with van der Waals surface area (Å²) in [4.78, 5) is 2.08. The zero-order chi connectivity index (χ0) is 9.97. The number of halogens is 1. The molecule has 1 heterocycles. The van der Waals surface area contributed by atoms with Crippen molar-refractivity contribution in [3.05, 3.63) is 34.9 Å². The number of benzene rings is 1. The Labute approximate surface area is 89.0 Å². The van der Waals surface area contributed by atoms with Crippen molar-refractivity contribution in [2.45, 2.75) is 12.8 Å². The fourth-order valence-corrected chi connectivity index (χ4v) is 1.99. The van der Waals surface area contributed by atoms with Crippen LogP contribution in [0.2, 0.25) is 5.02 Å².